The molecule has 204 valence electrons. The zero-order chi connectivity index (χ0) is 26.9. The summed E-state index contributed by atoms with van der Waals surface area (Å²) < 4.78 is 53.2. The molecule has 4 heterocycles. The summed E-state index contributed by atoms with van der Waals surface area (Å²) in [7, 11) is 2.91. The van der Waals surface area contributed by atoms with Gasteiger partial charge in [0.15, 0.2) is 5.69 Å². The Balaban J connectivity index is 1.36. The highest BCUT2D eigenvalue weighted by atomic mass is 32.1. The van der Waals surface area contributed by atoms with Gasteiger partial charge in [0.05, 0.1) is 19.9 Å². The highest BCUT2D eigenvalue weighted by Crippen LogP contribution is 2.38. The molecule has 0 spiro atoms. The molecule has 1 aromatic carbocycles. The van der Waals surface area contributed by atoms with E-state index in [-0.39, 0.29) is 16.5 Å². The summed E-state index contributed by atoms with van der Waals surface area (Å²) in [5.41, 5.74) is -0.483. The Labute approximate surface area is 222 Å². The van der Waals surface area contributed by atoms with E-state index in [1.165, 1.54) is 32.4 Å². The second-order valence-corrected chi connectivity index (χ2v) is 10.5. The van der Waals surface area contributed by atoms with Gasteiger partial charge in [-0.3, -0.25) is 4.79 Å². The van der Waals surface area contributed by atoms with Crippen LogP contribution in [0.3, 0.4) is 0 Å². The smallest absolute Gasteiger partial charge is 0.433 e. The van der Waals surface area contributed by atoms with Gasteiger partial charge in [-0.05, 0) is 62.9 Å². The summed E-state index contributed by atoms with van der Waals surface area (Å²) in [5.74, 6) is 0.802. The predicted molar refractivity (Wildman–Crippen MR) is 137 cm³/mol. The molecular weight excluding hydrogens is 519 g/mol. The van der Waals surface area contributed by atoms with Crippen LogP contribution in [0.2, 0.25) is 0 Å². The molecule has 3 aromatic rings. The van der Waals surface area contributed by atoms with Crippen LogP contribution in [0, 0.1) is 5.92 Å². The molecule has 38 heavy (non-hydrogen) atoms. The minimum Gasteiger partial charge on any atom is -0.497 e. The number of carbonyl (C=O) groups excluding carboxylic acids is 1. The Kier molecular flexibility index (Phi) is 7.62. The number of alkyl halides is 3. The molecule has 0 unspecified atom stereocenters. The quantitative estimate of drug-likeness (QED) is 0.446. The number of fused-ring (bicyclic) bond motifs is 1. The number of thiazole rings is 1. The molecule has 0 saturated carbocycles. The Morgan fingerprint density at radius 3 is 2.71 bits per heavy atom. The molecule has 1 N–H and O–H groups in total. The molecule has 0 bridgehead atoms. The van der Waals surface area contributed by atoms with E-state index in [0.717, 1.165) is 54.4 Å². The lowest BCUT2D eigenvalue weighted by Gasteiger charge is -2.44. The Morgan fingerprint density at radius 2 is 1.95 bits per heavy atom. The van der Waals surface area contributed by atoms with Crippen molar-refractivity contribution in [3.8, 4) is 27.9 Å². The van der Waals surface area contributed by atoms with Crippen molar-refractivity contribution in [2.75, 3.05) is 33.9 Å². The molecule has 1 amide bonds. The van der Waals surface area contributed by atoms with Gasteiger partial charge < -0.3 is 19.7 Å². The van der Waals surface area contributed by atoms with Crippen molar-refractivity contribution in [1.29, 1.82) is 0 Å². The van der Waals surface area contributed by atoms with Crippen LogP contribution in [0.4, 0.5) is 13.2 Å². The predicted octanol–water partition coefficient (Wildman–Crippen LogP) is 5.03. The summed E-state index contributed by atoms with van der Waals surface area (Å²) in [5, 5.41) is 8.59. The van der Waals surface area contributed by atoms with Gasteiger partial charge in [-0.1, -0.05) is 6.42 Å². The Bertz CT molecular complexity index is 1290. The van der Waals surface area contributed by atoms with Crippen LogP contribution < -0.4 is 14.8 Å². The van der Waals surface area contributed by atoms with E-state index in [0.29, 0.717) is 35.6 Å². The third-order valence-electron chi connectivity index (χ3n) is 7.34. The molecule has 5 rings (SSSR count). The number of hydrogen-bond acceptors (Lipinski definition) is 7. The van der Waals surface area contributed by atoms with Crippen molar-refractivity contribution in [2.45, 2.75) is 44.3 Å². The van der Waals surface area contributed by atoms with Gasteiger partial charge >= 0.3 is 6.18 Å². The number of amides is 1. The normalized spacial score (nSPS) is 20.1. The lowest BCUT2D eigenvalue weighted by molar-refractivity contribution is -0.142. The lowest BCUT2D eigenvalue weighted by atomic mass is 9.83. The standard InChI is InChI=1S/C26H30F3N5O3S/c1-36-17-8-9-18(22(12-17)37-2)19-13-23(26(27,28)29)34(32-19)25-31-20(15-38-25)24(35)30-14-16-6-5-11-33-10-4-3-7-21(16)33/h8-9,12-13,15-16,21H,3-7,10-11,14H2,1-2H3,(H,30,35)/t16-,21-/m0/s1. The number of nitrogens with zero attached hydrogens (tertiary/aromatic N) is 4. The first-order valence-electron chi connectivity index (χ1n) is 12.7. The van der Waals surface area contributed by atoms with E-state index < -0.39 is 17.8 Å². The summed E-state index contributed by atoms with van der Waals surface area (Å²) in [6, 6.07) is 6.21. The molecule has 2 saturated heterocycles. The fraction of sp³-hybridized carbons (Fsp3) is 0.500. The number of piperidine rings is 2. The molecular formula is C26H30F3N5O3S. The highest BCUT2D eigenvalue weighted by Gasteiger charge is 2.38. The van der Waals surface area contributed by atoms with Gasteiger partial charge in [-0.2, -0.15) is 18.3 Å². The minimum absolute atomic E-state index is 0.0441. The summed E-state index contributed by atoms with van der Waals surface area (Å²) in [6.07, 6.45) is 1.05. The van der Waals surface area contributed by atoms with Crippen molar-refractivity contribution in [3.63, 3.8) is 0 Å². The van der Waals surface area contributed by atoms with Crippen molar-refractivity contribution in [3.05, 3.63) is 41.0 Å². The van der Waals surface area contributed by atoms with E-state index >= 15 is 0 Å². The molecule has 2 aliphatic heterocycles. The lowest BCUT2D eigenvalue weighted by Crippen LogP contribution is -2.51. The highest BCUT2D eigenvalue weighted by molar-refractivity contribution is 7.12. The number of hydrogen-bond donors (Lipinski definition) is 1. The van der Waals surface area contributed by atoms with Crippen LogP contribution in [-0.4, -0.2) is 65.5 Å². The van der Waals surface area contributed by atoms with E-state index in [1.807, 2.05) is 0 Å². The topological polar surface area (TPSA) is 81.5 Å². The maximum Gasteiger partial charge on any atom is 0.433 e. The Morgan fingerprint density at radius 1 is 1.13 bits per heavy atom. The summed E-state index contributed by atoms with van der Waals surface area (Å²) >= 11 is 0.934. The molecule has 2 atom stereocenters. The number of halogens is 3. The second-order valence-electron chi connectivity index (χ2n) is 9.62. The van der Waals surface area contributed by atoms with E-state index in [1.54, 1.807) is 18.2 Å². The van der Waals surface area contributed by atoms with Crippen LogP contribution in [0.15, 0.2) is 29.6 Å². The van der Waals surface area contributed by atoms with Crippen molar-refractivity contribution < 1.29 is 27.4 Å². The van der Waals surface area contributed by atoms with Crippen LogP contribution in [-0.2, 0) is 6.18 Å². The molecule has 12 heteroatoms. The Hall–Kier alpha value is -3.12. The van der Waals surface area contributed by atoms with Crippen molar-refractivity contribution >= 4 is 17.2 Å². The summed E-state index contributed by atoms with van der Waals surface area (Å²) in [6.45, 7) is 2.75. The van der Waals surface area contributed by atoms with E-state index in [2.05, 4.69) is 20.3 Å². The second kappa shape index (κ2) is 10.9. The molecule has 2 aromatic heterocycles. The number of aromatic nitrogens is 3. The van der Waals surface area contributed by atoms with E-state index in [4.69, 9.17) is 9.47 Å². The minimum atomic E-state index is -4.69. The first-order valence-corrected chi connectivity index (χ1v) is 13.5. The molecule has 2 aliphatic rings. The maximum atomic E-state index is 14.0. The zero-order valence-corrected chi connectivity index (χ0v) is 22.1. The first-order chi connectivity index (χ1) is 18.3. The van der Waals surface area contributed by atoms with E-state index in [9.17, 15) is 18.0 Å². The van der Waals surface area contributed by atoms with Crippen molar-refractivity contribution in [1.82, 2.24) is 25.0 Å². The number of ether oxygens (including phenoxy) is 2. The fourth-order valence-corrected chi connectivity index (χ4v) is 6.23. The maximum absolute atomic E-state index is 14.0. The number of benzene rings is 1. The third-order valence-corrected chi connectivity index (χ3v) is 8.16. The molecule has 2 fully saturated rings. The molecule has 0 radical (unpaired) electrons. The number of nitrogens with one attached hydrogen (secondary N) is 1. The van der Waals surface area contributed by atoms with Crippen LogP contribution in [0.1, 0.15) is 48.3 Å². The summed E-state index contributed by atoms with van der Waals surface area (Å²) in [4.78, 5) is 19.6. The zero-order valence-electron chi connectivity index (χ0n) is 21.3. The number of rotatable bonds is 7. The SMILES string of the molecule is COc1ccc(-c2cc(C(F)(F)F)n(-c3nc(C(=O)NC[C@@H]4CCCN5CCCC[C@@H]45)cs3)n2)c(OC)c1. The van der Waals surface area contributed by atoms with Gasteiger partial charge in [0.25, 0.3) is 5.91 Å². The average molecular weight is 550 g/mol. The number of methoxy groups -OCH3 is 2. The fourth-order valence-electron chi connectivity index (χ4n) is 5.47. The van der Waals surface area contributed by atoms with Gasteiger partial charge in [-0.15, -0.1) is 11.3 Å². The van der Waals surface area contributed by atoms with Crippen LogP contribution in [0.25, 0.3) is 16.4 Å². The van der Waals surface area contributed by atoms with Gasteiger partial charge in [-0.25, -0.2) is 9.67 Å². The molecule has 0 aliphatic carbocycles. The van der Waals surface area contributed by atoms with Crippen molar-refractivity contribution in [2.24, 2.45) is 5.92 Å². The van der Waals surface area contributed by atoms with Gasteiger partial charge in [0.2, 0.25) is 5.13 Å². The van der Waals surface area contributed by atoms with Gasteiger partial charge in [0.1, 0.15) is 17.2 Å². The van der Waals surface area contributed by atoms with Crippen LogP contribution >= 0.6 is 11.3 Å². The molecule has 8 nitrogen and oxygen atoms in total. The average Bonchev–Trinajstić information content (AvgIpc) is 3.59. The van der Waals surface area contributed by atoms with Gasteiger partial charge in [0, 0.05) is 29.6 Å². The number of carbonyl (C=O) groups is 1. The third kappa shape index (κ3) is 5.37. The largest absolute Gasteiger partial charge is 0.497 e. The first kappa shape index (κ1) is 26.5. The van der Waals surface area contributed by atoms with Crippen LogP contribution in [0.5, 0.6) is 11.5 Å². The monoisotopic (exact) mass is 549 g/mol.